The number of hydrogen-bond acceptors (Lipinski definition) is 5. The number of rotatable bonds is 3. The Bertz CT molecular complexity index is 272. The van der Waals surface area contributed by atoms with Gasteiger partial charge in [0.1, 0.15) is 0 Å². The molecule has 1 fully saturated rings. The van der Waals surface area contributed by atoms with E-state index in [-0.39, 0.29) is 0 Å². The van der Waals surface area contributed by atoms with Gasteiger partial charge in [0.05, 0.1) is 12.7 Å². The zero-order valence-corrected chi connectivity index (χ0v) is 11.6. The van der Waals surface area contributed by atoms with Gasteiger partial charge < -0.3 is 10.1 Å². The summed E-state index contributed by atoms with van der Waals surface area (Å²) in [6, 6.07) is 0. The van der Waals surface area contributed by atoms with E-state index in [1.54, 1.807) is 0 Å². The molecule has 0 spiro atoms. The molecule has 0 aromatic carbocycles. The Kier molecular flexibility index (Phi) is 5.13. The van der Waals surface area contributed by atoms with Gasteiger partial charge in [0.15, 0.2) is 5.17 Å². The first-order valence-electron chi connectivity index (χ1n) is 6.53. The molecular weight excluding hydrogens is 234 g/mol. The van der Waals surface area contributed by atoms with E-state index in [2.05, 4.69) is 29.1 Å². The first-order chi connectivity index (χ1) is 8.28. The highest BCUT2D eigenvalue weighted by Crippen LogP contribution is 2.15. The molecule has 2 aliphatic heterocycles. The summed E-state index contributed by atoms with van der Waals surface area (Å²) < 4.78 is 5.75. The van der Waals surface area contributed by atoms with Gasteiger partial charge in [-0.3, -0.25) is 9.89 Å². The van der Waals surface area contributed by atoms with Crippen LogP contribution in [0.15, 0.2) is 4.99 Å². The summed E-state index contributed by atoms with van der Waals surface area (Å²) in [6.45, 7) is 10.4. The maximum Gasteiger partial charge on any atom is 0.156 e. The van der Waals surface area contributed by atoms with Gasteiger partial charge in [0.2, 0.25) is 0 Å². The predicted octanol–water partition coefficient (Wildman–Crippen LogP) is 1.04. The lowest BCUT2D eigenvalue weighted by Gasteiger charge is -2.32. The molecule has 2 rings (SSSR count). The van der Waals surface area contributed by atoms with Crippen molar-refractivity contribution in [2.45, 2.75) is 20.0 Å². The normalized spacial score (nSPS) is 31.1. The largest absolute Gasteiger partial charge is 0.374 e. The molecule has 2 aliphatic rings. The van der Waals surface area contributed by atoms with Crippen LogP contribution in [0.3, 0.4) is 0 Å². The Morgan fingerprint density at radius 2 is 2.47 bits per heavy atom. The fraction of sp³-hybridized carbons (Fsp3) is 0.917. The van der Waals surface area contributed by atoms with Gasteiger partial charge in [-0.15, -0.1) is 0 Å². The van der Waals surface area contributed by atoms with Crippen molar-refractivity contribution in [2.24, 2.45) is 10.9 Å². The molecule has 1 N–H and O–H groups in total. The van der Waals surface area contributed by atoms with Crippen molar-refractivity contribution < 1.29 is 4.74 Å². The lowest BCUT2D eigenvalue weighted by atomic mass is 10.2. The van der Waals surface area contributed by atoms with E-state index < -0.39 is 0 Å². The van der Waals surface area contributed by atoms with E-state index in [4.69, 9.17) is 4.74 Å². The first kappa shape index (κ1) is 13.2. The van der Waals surface area contributed by atoms with Gasteiger partial charge in [-0.2, -0.15) is 0 Å². The number of thioether (sulfide) groups is 1. The van der Waals surface area contributed by atoms with Gasteiger partial charge in [-0.05, 0) is 12.5 Å². The molecule has 98 valence electrons. The SMILES string of the molecule is CCN1CCOC(CNC2=NCC(C)CS2)C1. The highest BCUT2D eigenvalue weighted by molar-refractivity contribution is 8.13. The van der Waals surface area contributed by atoms with Crippen LogP contribution in [-0.4, -0.2) is 61.3 Å². The Morgan fingerprint density at radius 3 is 3.18 bits per heavy atom. The van der Waals surface area contributed by atoms with E-state index in [0.717, 1.165) is 44.5 Å². The zero-order valence-electron chi connectivity index (χ0n) is 10.8. The molecule has 4 nitrogen and oxygen atoms in total. The van der Waals surface area contributed by atoms with Crippen molar-refractivity contribution in [1.82, 2.24) is 10.2 Å². The Morgan fingerprint density at radius 1 is 1.59 bits per heavy atom. The molecule has 17 heavy (non-hydrogen) atoms. The van der Waals surface area contributed by atoms with Crippen LogP contribution in [0.4, 0.5) is 0 Å². The summed E-state index contributed by atoms with van der Waals surface area (Å²) in [4.78, 5) is 6.97. The molecule has 0 bridgehead atoms. The smallest absolute Gasteiger partial charge is 0.156 e. The lowest BCUT2D eigenvalue weighted by molar-refractivity contribution is -0.0232. The number of ether oxygens (including phenoxy) is 1. The average molecular weight is 257 g/mol. The molecular formula is C12H23N3OS. The molecule has 0 aromatic rings. The number of nitrogens with zero attached hydrogens (tertiary/aromatic N) is 2. The fourth-order valence-electron chi connectivity index (χ4n) is 2.06. The number of morpholine rings is 1. The summed E-state index contributed by atoms with van der Waals surface area (Å²) in [6.07, 6.45) is 0.311. The summed E-state index contributed by atoms with van der Waals surface area (Å²) in [7, 11) is 0. The number of amidine groups is 1. The molecule has 0 amide bonds. The van der Waals surface area contributed by atoms with Crippen molar-refractivity contribution in [3.05, 3.63) is 0 Å². The third-order valence-electron chi connectivity index (χ3n) is 3.20. The summed E-state index contributed by atoms with van der Waals surface area (Å²) in [5.74, 6) is 1.89. The molecule has 2 atom stereocenters. The Balaban J connectivity index is 1.71. The van der Waals surface area contributed by atoms with Crippen LogP contribution in [0.25, 0.3) is 0 Å². The number of hydrogen-bond donors (Lipinski definition) is 1. The van der Waals surface area contributed by atoms with Gasteiger partial charge in [-0.1, -0.05) is 25.6 Å². The van der Waals surface area contributed by atoms with Crippen LogP contribution in [0, 0.1) is 5.92 Å². The molecule has 5 heteroatoms. The Labute approximate surface area is 108 Å². The minimum Gasteiger partial charge on any atom is -0.374 e. The predicted molar refractivity (Wildman–Crippen MR) is 73.8 cm³/mol. The van der Waals surface area contributed by atoms with Crippen molar-refractivity contribution in [3.8, 4) is 0 Å². The van der Waals surface area contributed by atoms with Gasteiger partial charge in [0.25, 0.3) is 0 Å². The third kappa shape index (κ3) is 4.16. The minimum atomic E-state index is 0.311. The molecule has 0 aromatic heterocycles. The van der Waals surface area contributed by atoms with E-state index in [0.29, 0.717) is 12.0 Å². The molecule has 0 radical (unpaired) electrons. The van der Waals surface area contributed by atoms with Gasteiger partial charge >= 0.3 is 0 Å². The maximum absolute atomic E-state index is 5.75. The monoisotopic (exact) mass is 257 g/mol. The standard InChI is InChI=1S/C12H23N3OS/c1-3-15-4-5-16-11(8-15)7-14-12-13-6-10(2)9-17-12/h10-11H,3-9H2,1-2H3,(H,13,14). The summed E-state index contributed by atoms with van der Waals surface area (Å²) in [5, 5.41) is 4.52. The maximum atomic E-state index is 5.75. The third-order valence-corrected chi connectivity index (χ3v) is 4.48. The van der Waals surface area contributed by atoms with Crippen molar-refractivity contribution >= 4 is 16.9 Å². The van der Waals surface area contributed by atoms with Crippen LogP contribution < -0.4 is 5.32 Å². The topological polar surface area (TPSA) is 36.9 Å². The van der Waals surface area contributed by atoms with Crippen molar-refractivity contribution in [2.75, 3.05) is 45.1 Å². The average Bonchev–Trinajstić information content (AvgIpc) is 2.38. The fourth-order valence-corrected chi connectivity index (χ4v) is 2.96. The summed E-state index contributed by atoms with van der Waals surface area (Å²) >= 11 is 1.84. The van der Waals surface area contributed by atoms with E-state index in [9.17, 15) is 0 Å². The number of likely N-dealkylation sites (N-methyl/N-ethyl adjacent to an activating group) is 1. The number of nitrogens with one attached hydrogen (secondary N) is 1. The van der Waals surface area contributed by atoms with E-state index >= 15 is 0 Å². The van der Waals surface area contributed by atoms with Crippen molar-refractivity contribution in [3.63, 3.8) is 0 Å². The second kappa shape index (κ2) is 6.61. The highest BCUT2D eigenvalue weighted by atomic mass is 32.2. The Hall–Kier alpha value is -0.260. The van der Waals surface area contributed by atoms with Crippen LogP contribution in [0.5, 0.6) is 0 Å². The first-order valence-corrected chi connectivity index (χ1v) is 7.51. The zero-order chi connectivity index (χ0) is 12.1. The highest BCUT2D eigenvalue weighted by Gasteiger charge is 2.20. The molecule has 0 saturated carbocycles. The minimum absolute atomic E-state index is 0.311. The molecule has 1 saturated heterocycles. The second-order valence-corrected chi connectivity index (χ2v) is 5.84. The van der Waals surface area contributed by atoms with E-state index in [1.807, 2.05) is 11.8 Å². The van der Waals surface area contributed by atoms with E-state index in [1.165, 1.54) is 5.75 Å². The quantitative estimate of drug-likeness (QED) is 0.819. The molecule has 2 unspecified atom stereocenters. The number of aliphatic imine (C=N–C) groups is 1. The lowest BCUT2D eigenvalue weighted by Crippen LogP contribution is -2.47. The van der Waals surface area contributed by atoms with Gasteiger partial charge in [-0.25, -0.2) is 0 Å². The molecule has 0 aliphatic carbocycles. The van der Waals surface area contributed by atoms with Crippen LogP contribution in [0.1, 0.15) is 13.8 Å². The molecule has 2 heterocycles. The second-order valence-electron chi connectivity index (χ2n) is 4.83. The van der Waals surface area contributed by atoms with Crippen LogP contribution in [-0.2, 0) is 4.74 Å². The van der Waals surface area contributed by atoms with Crippen molar-refractivity contribution in [1.29, 1.82) is 0 Å². The van der Waals surface area contributed by atoms with Crippen LogP contribution >= 0.6 is 11.8 Å². The van der Waals surface area contributed by atoms with Gasteiger partial charge in [0, 0.05) is 31.9 Å². The van der Waals surface area contributed by atoms with Crippen LogP contribution in [0.2, 0.25) is 0 Å². The summed E-state index contributed by atoms with van der Waals surface area (Å²) in [5.41, 5.74) is 0.